The fraction of sp³-hybridized carbons (Fsp3) is 0.667. The lowest BCUT2D eigenvalue weighted by atomic mass is 10.4. The van der Waals surface area contributed by atoms with Gasteiger partial charge in [0.1, 0.15) is 0 Å². The molecule has 0 atom stereocenters. The first kappa shape index (κ1) is 10.7. The maximum Gasteiger partial charge on any atom is 0.215 e. The SMILES string of the molecule is CN(CCCO)/C(N)=N/C(=N)N. The Kier molecular flexibility index (Phi) is 4.78. The van der Waals surface area contributed by atoms with Crippen molar-refractivity contribution in [2.24, 2.45) is 16.5 Å². The zero-order valence-electron chi connectivity index (χ0n) is 7.12. The molecule has 0 aromatic carbocycles. The zero-order valence-corrected chi connectivity index (χ0v) is 7.12. The molecule has 0 fully saturated rings. The van der Waals surface area contributed by atoms with Crippen LogP contribution in [0.1, 0.15) is 6.42 Å². The summed E-state index contributed by atoms with van der Waals surface area (Å²) in [5.74, 6) is -0.126. The van der Waals surface area contributed by atoms with E-state index < -0.39 is 0 Å². The highest BCUT2D eigenvalue weighted by molar-refractivity contribution is 5.91. The Labute approximate surface area is 71.4 Å². The largest absolute Gasteiger partial charge is 0.396 e. The first-order valence-electron chi connectivity index (χ1n) is 3.58. The van der Waals surface area contributed by atoms with Crippen molar-refractivity contribution < 1.29 is 5.11 Å². The molecule has 0 heterocycles. The lowest BCUT2D eigenvalue weighted by Crippen LogP contribution is -2.36. The third-order valence-electron chi connectivity index (χ3n) is 1.28. The van der Waals surface area contributed by atoms with Gasteiger partial charge in [-0.2, -0.15) is 4.99 Å². The maximum absolute atomic E-state index is 8.50. The molecule has 6 heteroatoms. The highest BCUT2D eigenvalue weighted by atomic mass is 16.3. The summed E-state index contributed by atoms with van der Waals surface area (Å²) in [5.41, 5.74) is 10.4. The molecule has 0 aromatic rings. The molecule has 0 rings (SSSR count). The third kappa shape index (κ3) is 4.51. The van der Waals surface area contributed by atoms with Crippen LogP contribution in [0.4, 0.5) is 0 Å². The van der Waals surface area contributed by atoms with Crippen LogP contribution in [0, 0.1) is 5.41 Å². The highest BCUT2D eigenvalue weighted by Crippen LogP contribution is 1.85. The Morgan fingerprint density at radius 3 is 2.58 bits per heavy atom. The smallest absolute Gasteiger partial charge is 0.215 e. The topological polar surface area (TPSA) is 112 Å². The summed E-state index contributed by atoms with van der Waals surface area (Å²) < 4.78 is 0. The molecule has 0 unspecified atom stereocenters. The Bertz CT molecular complexity index is 179. The monoisotopic (exact) mass is 173 g/mol. The number of hydrogen-bond donors (Lipinski definition) is 4. The van der Waals surface area contributed by atoms with Crippen molar-refractivity contribution in [2.75, 3.05) is 20.2 Å². The summed E-state index contributed by atoms with van der Waals surface area (Å²) >= 11 is 0. The minimum absolute atomic E-state index is 0.109. The fourth-order valence-corrected chi connectivity index (χ4v) is 0.631. The number of nitrogens with zero attached hydrogens (tertiary/aromatic N) is 2. The molecule has 0 saturated carbocycles. The molecule has 0 aliphatic heterocycles. The molecule has 0 spiro atoms. The van der Waals surface area contributed by atoms with E-state index >= 15 is 0 Å². The number of hydrogen-bond acceptors (Lipinski definition) is 2. The van der Waals surface area contributed by atoms with Crippen LogP contribution in [0.3, 0.4) is 0 Å². The molecule has 0 aliphatic rings. The number of aliphatic hydroxyl groups is 1. The van der Waals surface area contributed by atoms with E-state index in [0.717, 1.165) is 0 Å². The van der Waals surface area contributed by atoms with Crippen LogP contribution >= 0.6 is 0 Å². The van der Waals surface area contributed by atoms with E-state index in [-0.39, 0.29) is 18.5 Å². The van der Waals surface area contributed by atoms with Crippen LogP contribution in [-0.4, -0.2) is 42.1 Å². The van der Waals surface area contributed by atoms with Gasteiger partial charge in [-0.15, -0.1) is 0 Å². The molecule has 0 aliphatic carbocycles. The van der Waals surface area contributed by atoms with E-state index in [2.05, 4.69) is 4.99 Å². The number of guanidine groups is 2. The molecular weight excluding hydrogens is 158 g/mol. The Balaban J connectivity index is 3.91. The van der Waals surface area contributed by atoms with Gasteiger partial charge >= 0.3 is 0 Å². The molecule has 12 heavy (non-hydrogen) atoms. The Morgan fingerprint density at radius 1 is 1.58 bits per heavy atom. The summed E-state index contributed by atoms with van der Waals surface area (Å²) in [6.45, 7) is 0.705. The Hall–Kier alpha value is -1.30. The van der Waals surface area contributed by atoms with Gasteiger partial charge in [0.15, 0.2) is 5.96 Å². The average molecular weight is 173 g/mol. The van der Waals surface area contributed by atoms with Crippen LogP contribution in [-0.2, 0) is 0 Å². The van der Waals surface area contributed by atoms with Gasteiger partial charge in [0.05, 0.1) is 0 Å². The summed E-state index contributed by atoms with van der Waals surface area (Å²) in [5, 5.41) is 15.3. The van der Waals surface area contributed by atoms with E-state index in [4.69, 9.17) is 22.0 Å². The molecule has 6 N–H and O–H groups in total. The lowest BCUT2D eigenvalue weighted by Gasteiger charge is -2.16. The average Bonchev–Trinajstić information content (AvgIpc) is 1.98. The van der Waals surface area contributed by atoms with Gasteiger partial charge in [-0.3, -0.25) is 5.41 Å². The van der Waals surface area contributed by atoms with Crippen molar-refractivity contribution in [1.82, 2.24) is 4.90 Å². The molecule has 0 saturated heterocycles. The molecule has 0 aromatic heterocycles. The number of nitrogens with two attached hydrogens (primary N) is 2. The van der Waals surface area contributed by atoms with E-state index in [1.165, 1.54) is 0 Å². The first-order valence-corrected chi connectivity index (χ1v) is 3.58. The van der Waals surface area contributed by atoms with Crippen LogP contribution in [0.15, 0.2) is 4.99 Å². The van der Waals surface area contributed by atoms with E-state index in [9.17, 15) is 0 Å². The Morgan fingerprint density at radius 2 is 2.17 bits per heavy atom. The lowest BCUT2D eigenvalue weighted by molar-refractivity contribution is 0.274. The number of rotatable bonds is 3. The van der Waals surface area contributed by atoms with Crippen LogP contribution in [0.25, 0.3) is 0 Å². The summed E-state index contributed by atoms with van der Waals surface area (Å²) in [4.78, 5) is 5.15. The van der Waals surface area contributed by atoms with E-state index in [1.54, 1.807) is 11.9 Å². The van der Waals surface area contributed by atoms with Gasteiger partial charge in [0, 0.05) is 20.2 Å². The van der Waals surface area contributed by atoms with Crippen LogP contribution in [0.2, 0.25) is 0 Å². The van der Waals surface area contributed by atoms with Gasteiger partial charge in [-0.25, -0.2) is 0 Å². The van der Waals surface area contributed by atoms with Crippen molar-refractivity contribution in [3.05, 3.63) is 0 Å². The standard InChI is InChI=1S/C6H15N5O/c1-11(3-2-4-12)6(9)10-5(7)8/h12H,2-4H2,1H3,(H5,7,8,9,10). The molecule has 0 bridgehead atoms. The zero-order chi connectivity index (χ0) is 9.56. The molecular formula is C6H15N5O. The molecule has 6 nitrogen and oxygen atoms in total. The van der Waals surface area contributed by atoms with E-state index in [0.29, 0.717) is 13.0 Å². The van der Waals surface area contributed by atoms with Crippen LogP contribution < -0.4 is 11.5 Å². The summed E-state index contributed by atoms with van der Waals surface area (Å²) in [6.07, 6.45) is 0.616. The van der Waals surface area contributed by atoms with Crippen molar-refractivity contribution >= 4 is 11.9 Å². The van der Waals surface area contributed by atoms with Crippen molar-refractivity contribution in [3.63, 3.8) is 0 Å². The molecule has 0 amide bonds. The normalized spacial score (nSPS) is 11.3. The van der Waals surface area contributed by atoms with Gasteiger partial charge in [-0.05, 0) is 6.42 Å². The predicted octanol–water partition coefficient (Wildman–Crippen LogP) is -1.49. The summed E-state index contributed by atoms with van der Waals surface area (Å²) in [7, 11) is 1.72. The van der Waals surface area contributed by atoms with Crippen LogP contribution in [0.5, 0.6) is 0 Å². The second-order valence-corrected chi connectivity index (χ2v) is 2.35. The van der Waals surface area contributed by atoms with Crippen molar-refractivity contribution in [3.8, 4) is 0 Å². The third-order valence-corrected chi connectivity index (χ3v) is 1.28. The second-order valence-electron chi connectivity index (χ2n) is 2.35. The predicted molar refractivity (Wildman–Crippen MR) is 47.9 cm³/mol. The molecule has 70 valence electrons. The van der Waals surface area contributed by atoms with Crippen molar-refractivity contribution in [1.29, 1.82) is 5.41 Å². The second kappa shape index (κ2) is 5.36. The van der Waals surface area contributed by atoms with E-state index in [1.807, 2.05) is 0 Å². The fourth-order valence-electron chi connectivity index (χ4n) is 0.631. The number of aliphatic hydroxyl groups excluding tert-OH is 1. The quantitative estimate of drug-likeness (QED) is 0.307. The summed E-state index contributed by atoms with van der Waals surface area (Å²) in [6, 6.07) is 0. The number of aliphatic imine (C=N–C) groups is 1. The van der Waals surface area contributed by atoms with Crippen molar-refractivity contribution in [2.45, 2.75) is 6.42 Å². The maximum atomic E-state index is 8.50. The van der Waals surface area contributed by atoms with Gasteiger partial charge in [-0.1, -0.05) is 0 Å². The highest BCUT2D eigenvalue weighted by Gasteiger charge is 2.00. The van der Waals surface area contributed by atoms with Gasteiger partial charge in [0.2, 0.25) is 5.96 Å². The minimum Gasteiger partial charge on any atom is -0.396 e. The molecule has 0 radical (unpaired) electrons. The van der Waals surface area contributed by atoms with Gasteiger partial charge < -0.3 is 21.5 Å². The minimum atomic E-state index is -0.316. The van der Waals surface area contributed by atoms with Gasteiger partial charge in [0.25, 0.3) is 0 Å². The number of nitrogens with one attached hydrogen (secondary N) is 1. The first-order chi connectivity index (χ1) is 5.57.